The molecule has 1 saturated heterocycles. The van der Waals surface area contributed by atoms with E-state index in [0.29, 0.717) is 36.6 Å². The molecule has 1 fully saturated rings. The molecule has 4 rings (SSSR count). The molecule has 1 amide bonds. The lowest BCUT2D eigenvalue weighted by atomic mass is 10.00. The molecule has 41 heavy (non-hydrogen) atoms. The average molecular weight is 567 g/mol. The Balaban J connectivity index is 1.48. The monoisotopic (exact) mass is 566 g/mol. The van der Waals surface area contributed by atoms with Crippen molar-refractivity contribution in [1.29, 1.82) is 0 Å². The summed E-state index contributed by atoms with van der Waals surface area (Å²) in [6.45, 7) is 1.08. The molecule has 0 aliphatic carbocycles. The van der Waals surface area contributed by atoms with Crippen molar-refractivity contribution in [3.05, 3.63) is 82.7 Å². The first-order chi connectivity index (χ1) is 19.7. The van der Waals surface area contributed by atoms with E-state index in [1.807, 2.05) is 0 Å². The Morgan fingerprint density at radius 1 is 0.902 bits per heavy atom. The maximum atomic E-state index is 14.7. The molecular weight excluding hydrogens is 535 g/mol. The fourth-order valence-corrected chi connectivity index (χ4v) is 4.52. The van der Waals surface area contributed by atoms with Crippen molar-refractivity contribution in [2.45, 2.75) is 25.0 Å². The standard InChI is InChI=1S/C30H31FN2O8/c1-38-20-13-19(14-21(15-20)39-2)29(36)33-22-16-32-12-4-5-24(22)41-30(37)18-8-6-17(7-9-18)28(35)26-23(34)10-11-25(40-3)27(26)31/h6-11,13-15,22,24,32,34H,4-5,12,16H2,1-3H3,(H,33,36)/t22-,24-/m1/s1. The van der Waals surface area contributed by atoms with Gasteiger partial charge in [-0.25, -0.2) is 9.18 Å². The van der Waals surface area contributed by atoms with Crippen molar-refractivity contribution in [2.75, 3.05) is 34.4 Å². The number of rotatable bonds is 9. The Hall–Kier alpha value is -4.64. The first kappa shape index (κ1) is 29.3. The molecular formula is C30H31FN2O8. The van der Waals surface area contributed by atoms with Crippen molar-refractivity contribution in [2.24, 2.45) is 0 Å². The summed E-state index contributed by atoms with van der Waals surface area (Å²) in [5.74, 6) is -2.57. The fraction of sp³-hybridized carbons (Fsp3) is 0.300. The van der Waals surface area contributed by atoms with Crippen LogP contribution in [0.5, 0.6) is 23.0 Å². The molecule has 0 spiro atoms. The number of nitrogens with one attached hydrogen (secondary N) is 2. The number of carbonyl (C=O) groups is 3. The number of phenolic OH excluding ortho intramolecular Hbond substituents is 1. The minimum atomic E-state index is -0.983. The third kappa shape index (κ3) is 6.75. The fourth-order valence-electron chi connectivity index (χ4n) is 4.52. The van der Waals surface area contributed by atoms with Crippen molar-refractivity contribution >= 4 is 17.7 Å². The molecule has 1 aliphatic rings. The van der Waals surface area contributed by atoms with Gasteiger partial charge in [0.15, 0.2) is 17.3 Å². The molecule has 216 valence electrons. The van der Waals surface area contributed by atoms with Gasteiger partial charge in [0.2, 0.25) is 0 Å². The van der Waals surface area contributed by atoms with E-state index in [4.69, 9.17) is 18.9 Å². The molecule has 1 heterocycles. The quantitative estimate of drug-likeness (QED) is 0.263. The number of esters is 1. The molecule has 3 aromatic rings. The van der Waals surface area contributed by atoms with Crippen LogP contribution in [0, 0.1) is 5.82 Å². The number of halogens is 1. The Morgan fingerprint density at radius 2 is 1.56 bits per heavy atom. The molecule has 0 saturated carbocycles. The lowest BCUT2D eigenvalue weighted by Gasteiger charge is -2.26. The third-order valence-corrected chi connectivity index (χ3v) is 6.76. The maximum Gasteiger partial charge on any atom is 0.338 e. The number of benzene rings is 3. The Morgan fingerprint density at radius 3 is 2.20 bits per heavy atom. The van der Waals surface area contributed by atoms with Gasteiger partial charge in [-0.15, -0.1) is 0 Å². The second-order valence-electron chi connectivity index (χ2n) is 9.35. The molecule has 1 aliphatic heterocycles. The van der Waals surface area contributed by atoms with E-state index < -0.39 is 41.0 Å². The number of aromatic hydroxyl groups is 1. The topological polar surface area (TPSA) is 132 Å². The zero-order chi connectivity index (χ0) is 29.5. The SMILES string of the molecule is COc1cc(OC)cc(C(=O)N[C@@H]2CNCCC[C@H]2OC(=O)c2ccc(C(=O)c3c(O)ccc(OC)c3F)cc2)c1. The van der Waals surface area contributed by atoms with Gasteiger partial charge in [0, 0.05) is 23.7 Å². The van der Waals surface area contributed by atoms with Crippen LogP contribution in [-0.4, -0.2) is 69.3 Å². The van der Waals surface area contributed by atoms with Crippen LogP contribution >= 0.6 is 0 Å². The summed E-state index contributed by atoms with van der Waals surface area (Å²) < 4.78 is 35.9. The number of hydrogen-bond donors (Lipinski definition) is 3. The highest BCUT2D eigenvalue weighted by molar-refractivity contribution is 6.11. The number of ketones is 1. The molecule has 0 bridgehead atoms. The van der Waals surface area contributed by atoms with Crippen molar-refractivity contribution in [3.8, 4) is 23.0 Å². The highest BCUT2D eigenvalue weighted by Gasteiger charge is 2.30. The largest absolute Gasteiger partial charge is 0.507 e. The van der Waals surface area contributed by atoms with Gasteiger partial charge in [0.05, 0.1) is 32.9 Å². The molecule has 0 radical (unpaired) electrons. The Bertz CT molecular complexity index is 1400. The zero-order valence-electron chi connectivity index (χ0n) is 22.9. The minimum absolute atomic E-state index is 0.0570. The van der Waals surface area contributed by atoms with Crippen LogP contribution in [0.2, 0.25) is 0 Å². The van der Waals surface area contributed by atoms with Crippen molar-refractivity contribution in [3.63, 3.8) is 0 Å². The third-order valence-electron chi connectivity index (χ3n) is 6.76. The molecule has 0 aromatic heterocycles. The molecule has 0 unspecified atom stereocenters. The number of amides is 1. The smallest absolute Gasteiger partial charge is 0.338 e. The van der Waals surface area contributed by atoms with E-state index in [1.54, 1.807) is 18.2 Å². The Kier molecular flexibility index (Phi) is 9.41. The second kappa shape index (κ2) is 13.1. The lowest BCUT2D eigenvalue weighted by Crippen LogP contribution is -2.49. The number of carbonyl (C=O) groups excluding carboxylic acids is 3. The number of hydrogen-bond acceptors (Lipinski definition) is 9. The van der Waals surface area contributed by atoms with Crippen LogP contribution in [0.25, 0.3) is 0 Å². The highest BCUT2D eigenvalue weighted by Crippen LogP contribution is 2.30. The van der Waals surface area contributed by atoms with E-state index in [9.17, 15) is 23.9 Å². The maximum absolute atomic E-state index is 14.7. The number of methoxy groups -OCH3 is 3. The highest BCUT2D eigenvalue weighted by atomic mass is 19.1. The van der Waals surface area contributed by atoms with Crippen LogP contribution in [0.15, 0.2) is 54.6 Å². The summed E-state index contributed by atoms with van der Waals surface area (Å²) in [5.41, 5.74) is 0.0189. The van der Waals surface area contributed by atoms with E-state index in [0.717, 1.165) is 6.42 Å². The van der Waals surface area contributed by atoms with Crippen LogP contribution in [0.1, 0.15) is 49.5 Å². The van der Waals surface area contributed by atoms with E-state index in [2.05, 4.69) is 10.6 Å². The molecule has 3 N–H and O–H groups in total. The summed E-state index contributed by atoms with van der Waals surface area (Å²) >= 11 is 0. The van der Waals surface area contributed by atoms with Gasteiger partial charge in [-0.3, -0.25) is 9.59 Å². The predicted octanol–water partition coefficient (Wildman–Crippen LogP) is 3.50. The first-order valence-electron chi connectivity index (χ1n) is 12.9. The predicted molar refractivity (Wildman–Crippen MR) is 147 cm³/mol. The number of phenols is 1. The number of ether oxygens (including phenoxy) is 4. The minimum Gasteiger partial charge on any atom is -0.507 e. The molecule has 3 aromatic carbocycles. The average Bonchev–Trinajstić information content (AvgIpc) is 3.21. The van der Waals surface area contributed by atoms with Crippen molar-refractivity contribution in [1.82, 2.24) is 10.6 Å². The van der Waals surface area contributed by atoms with Gasteiger partial charge in [-0.05, 0) is 55.8 Å². The normalized spacial score (nSPS) is 16.7. The summed E-state index contributed by atoms with van der Waals surface area (Å²) in [6, 6.07) is 12.2. The van der Waals surface area contributed by atoms with Gasteiger partial charge < -0.3 is 34.7 Å². The van der Waals surface area contributed by atoms with Gasteiger partial charge in [-0.1, -0.05) is 12.1 Å². The van der Waals surface area contributed by atoms with Crippen LogP contribution in [0.3, 0.4) is 0 Å². The van der Waals surface area contributed by atoms with Gasteiger partial charge in [0.25, 0.3) is 5.91 Å². The van der Waals surface area contributed by atoms with E-state index in [-0.39, 0.29) is 22.8 Å². The first-order valence-corrected chi connectivity index (χ1v) is 12.9. The Labute approximate surface area is 236 Å². The van der Waals surface area contributed by atoms with Crippen LogP contribution < -0.4 is 24.8 Å². The molecule has 2 atom stereocenters. The van der Waals surface area contributed by atoms with E-state index in [1.165, 1.54) is 57.7 Å². The van der Waals surface area contributed by atoms with E-state index >= 15 is 0 Å². The zero-order valence-corrected chi connectivity index (χ0v) is 22.9. The molecule has 11 heteroatoms. The van der Waals surface area contributed by atoms with Gasteiger partial charge >= 0.3 is 5.97 Å². The van der Waals surface area contributed by atoms with Crippen LogP contribution in [-0.2, 0) is 4.74 Å². The van der Waals surface area contributed by atoms with Crippen molar-refractivity contribution < 1.29 is 42.8 Å². The second-order valence-corrected chi connectivity index (χ2v) is 9.35. The van der Waals surface area contributed by atoms with Gasteiger partial charge in [0.1, 0.15) is 28.9 Å². The summed E-state index contributed by atoms with van der Waals surface area (Å²) in [4.78, 5) is 39.0. The summed E-state index contributed by atoms with van der Waals surface area (Å²) in [6.07, 6.45) is 0.606. The lowest BCUT2D eigenvalue weighted by molar-refractivity contribution is 0.0192. The molecule has 10 nitrogen and oxygen atoms in total. The van der Waals surface area contributed by atoms with Crippen LogP contribution in [0.4, 0.5) is 4.39 Å². The summed E-state index contributed by atoms with van der Waals surface area (Å²) in [5, 5.41) is 16.3. The van der Waals surface area contributed by atoms with Gasteiger partial charge in [-0.2, -0.15) is 0 Å². The summed E-state index contributed by atoms with van der Waals surface area (Å²) in [7, 11) is 4.23.